The van der Waals surface area contributed by atoms with Crippen LogP contribution in [0.5, 0.6) is 0 Å². The summed E-state index contributed by atoms with van der Waals surface area (Å²) in [4.78, 5) is 26.2. The summed E-state index contributed by atoms with van der Waals surface area (Å²) in [7, 11) is 0. The first kappa shape index (κ1) is 24.0. The molecule has 5 rings (SSSR count). The predicted molar refractivity (Wildman–Crippen MR) is 138 cm³/mol. The van der Waals surface area contributed by atoms with Crippen LogP contribution in [0.25, 0.3) is 22.2 Å². The van der Waals surface area contributed by atoms with E-state index in [0.717, 1.165) is 79.3 Å². The Kier molecular flexibility index (Phi) is 7.22. The fourth-order valence-electron chi connectivity index (χ4n) is 5.81. The number of nitrogens with one attached hydrogen (secondary N) is 2. The van der Waals surface area contributed by atoms with E-state index in [2.05, 4.69) is 25.2 Å². The number of anilines is 1. The average Bonchev–Trinajstić information content (AvgIpc) is 3.28. The molecule has 8 nitrogen and oxygen atoms in total. The Bertz CT molecular complexity index is 1170. The van der Waals surface area contributed by atoms with E-state index >= 15 is 0 Å². The van der Waals surface area contributed by atoms with Gasteiger partial charge in [0.15, 0.2) is 0 Å². The van der Waals surface area contributed by atoms with E-state index in [-0.39, 0.29) is 12.0 Å². The number of aromatic amines is 1. The zero-order valence-electron chi connectivity index (χ0n) is 19.8. The molecule has 3 aromatic rings. The van der Waals surface area contributed by atoms with Crippen molar-refractivity contribution in [3.8, 4) is 11.1 Å². The summed E-state index contributed by atoms with van der Waals surface area (Å²) in [6, 6.07) is 8.84. The Morgan fingerprint density at radius 3 is 2.57 bits per heavy atom. The highest BCUT2D eigenvalue weighted by molar-refractivity contribution is 6.29. The quantitative estimate of drug-likeness (QED) is 0.366. The molecule has 0 saturated heterocycles. The van der Waals surface area contributed by atoms with Crippen LogP contribution in [0, 0.1) is 0 Å². The Balaban J connectivity index is 1.25. The van der Waals surface area contributed by atoms with Crippen molar-refractivity contribution in [3.05, 3.63) is 41.8 Å². The zero-order chi connectivity index (χ0) is 24.4. The number of hydrogen-bond donors (Lipinski definition) is 4. The highest BCUT2D eigenvalue weighted by Crippen LogP contribution is 2.33. The Morgan fingerprint density at radius 1 is 1.14 bits per heavy atom. The molecule has 3 aromatic heterocycles. The van der Waals surface area contributed by atoms with Gasteiger partial charge in [0.05, 0.1) is 12.6 Å². The van der Waals surface area contributed by atoms with Crippen LogP contribution < -0.4 is 11.1 Å². The Morgan fingerprint density at radius 2 is 1.86 bits per heavy atom. The summed E-state index contributed by atoms with van der Waals surface area (Å²) >= 11 is 6.40. The van der Waals surface area contributed by atoms with E-state index < -0.39 is 0 Å². The van der Waals surface area contributed by atoms with Crippen molar-refractivity contribution in [2.24, 2.45) is 5.73 Å². The van der Waals surface area contributed by atoms with Gasteiger partial charge < -0.3 is 21.1 Å². The van der Waals surface area contributed by atoms with Gasteiger partial charge in [-0.05, 0) is 81.2 Å². The number of primary amides is 1. The lowest BCUT2D eigenvalue weighted by molar-refractivity contribution is -0.121. The van der Waals surface area contributed by atoms with Gasteiger partial charge in [0.25, 0.3) is 0 Å². The van der Waals surface area contributed by atoms with Gasteiger partial charge in [-0.1, -0.05) is 11.6 Å². The minimum Gasteiger partial charge on any atom is -0.393 e. The summed E-state index contributed by atoms with van der Waals surface area (Å²) in [5, 5.41) is 15.0. The third kappa shape index (κ3) is 5.60. The number of halogens is 1. The molecular weight excluding hydrogens is 464 g/mol. The third-order valence-electron chi connectivity index (χ3n) is 7.55. The number of aromatic nitrogens is 3. The van der Waals surface area contributed by atoms with Crippen LogP contribution in [0.2, 0.25) is 5.15 Å². The van der Waals surface area contributed by atoms with Crippen LogP contribution >= 0.6 is 11.6 Å². The van der Waals surface area contributed by atoms with E-state index in [0.29, 0.717) is 29.8 Å². The maximum atomic E-state index is 11.8. The third-order valence-corrected chi connectivity index (χ3v) is 7.74. The summed E-state index contributed by atoms with van der Waals surface area (Å²) in [5.41, 5.74) is 8.48. The van der Waals surface area contributed by atoms with Crippen LogP contribution in [0.15, 0.2) is 36.7 Å². The topological polar surface area (TPSA) is 120 Å². The minimum atomic E-state index is -0.278. The lowest BCUT2D eigenvalue weighted by Gasteiger charge is -2.43. The molecule has 2 saturated carbocycles. The number of nitrogens with two attached hydrogens (primary N) is 1. The van der Waals surface area contributed by atoms with Gasteiger partial charge in [0.2, 0.25) is 5.91 Å². The van der Waals surface area contributed by atoms with Crippen molar-refractivity contribution in [2.45, 2.75) is 75.6 Å². The first-order valence-corrected chi connectivity index (χ1v) is 12.9. The molecule has 0 spiro atoms. The summed E-state index contributed by atoms with van der Waals surface area (Å²) in [6.07, 6.45) is 10.9. The van der Waals surface area contributed by atoms with Crippen LogP contribution in [-0.4, -0.2) is 61.6 Å². The number of carbonyl (C=O) groups is 1. The molecule has 2 fully saturated rings. The molecule has 1 amide bonds. The number of fused-ring (bicyclic) bond motifs is 1. The monoisotopic (exact) mass is 496 g/mol. The molecule has 2 aliphatic rings. The summed E-state index contributed by atoms with van der Waals surface area (Å²) in [5.74, 6) is 0.490. The van der Waals surface area contributed by atoms with E-state index in [1.165, 1.54) is 0 Å². The van der Waals surface area contributed by atoms with E-state index in [4.69, 9.17) is 17.3 Å². The standard InChI is InChI=1S/C26H33ClN6O2/c27-23-12-16(22-14-30-26-21(22)2-1-11-29-26)13-25(32-23)31-17-3-5-18(6-4-17)33(15-24(28)35)19-7-9-20(34)10-8-19/h1-2,11-14,17-20,34H,3-10,15H2,(H2,28,35)(H,29,30)(H,31,32). The maximum absolute atomic E-state index is 11.8. The molecule has 5 N–H and O–H groups in total. The number of aliphatic hydroxyl groups is 1. The number of pyridine rings is 2. The van der Waals surface area contributed by atoms with Crippen molar-refractivity contribution >= 4 is 34.4 Å². The van der Waals surface area contributed by atoms with Gasteiger partial charge in [-0.3, -0.25) is 9.69 Å². The molecule has 0 aromatic carbocycles. The summed E-state index contributed by atoms with van der Waals surface area (Å²) in [6.45, 7) is 0.294. The second-order valence-corrected chi connectivity index (χ2v) is 10.3. The Labute approximate surface area is 210 Å². The van der Waals surface area contributed by atoms with Crippen molar-refractivity contribution < 1.29 is 9.90 Å². The molecule has 0 radical (unpaired) electrons. The smallest absolute Gasteiger partial charge is 0.231 e. The number of nitrogens with zero attached hydrogens (tertiary/aromatic N) is 3. The number of amides is 1. The Hall–Kier alpha value is -2.68. The van der Waals surface area contributed by atoms with Crippen molar-refractivity contribution in [3.63, 3.8) is 0 Å². The SMILES string of the molecule is NC(=O)CN(C1CCC(O)CC1)C1CCC(Nc2cc(-c3c[nH]c4ncccc34)cc(Cl)n2)CC1. The van der Waals surface area contributed by atoms with E-state index in [9.17, 15) is 9.90 Å². The van der Waals surface area contributed by atoms with E-state index in [1.807, 2.05) is 30.5 Å². The van der Waals surface area contributed by atoms with Gasteiger partial charge in [0, 0.05) is 41.5 Å². The fraction of sp³-hybridized carbons (Fsp3) is 0.500. The second-order valence-electron chi connectivity index (χ2n) is 9.92. The van der Waals surface area contributed by atoms with Crippen LogP contribution in [0.1, 0.15) is 51.4 Å². The largest absolute Gasteiger partial charge is 0.393 e. The minimum absolute atomic E-state index is 0.211. The normalized spacial score (nSPS) is 25.1. The van der Waals surface area contributed by atoms with Crippen molar-refractivity contribution in [1.29, 1.82) is 0 Å². The highest BCUT2D eigenvalue weighted by atomic mass is 35.5. The van der Waals surface area contributed by atoms with Gasteiger partial charge >= 0.3 is 0 Å². The number of aliphatic hydroxyl groups excluding tert-OH is 1. The van der Waals surface area contributed by atoms with Gasteiger partial charge in [0.1, 0.15) is 16.6 Å². The average molecular weight is 497 g/mol. The van der Waals surface area contributed by atoms with Crippen LogP contribution in [0.4, 0.5) is 5.82 Å². The molecule has 3 heterocycles. The number of rotatable bonds is 7. The molecular formula is C26H33ClN6O2. The van der Waals surface area contributed by atoms with Gasteiger partial charge in [-0.2, -0.15) is 0 Å². The van der Waals surface area contributed by atoms with E-state index in [1.54, 1.807) is 6.20 Å². The predicted octanol–water partition coefficient (Wildman–Crippen LogP) is 4.09. The lowest BCUT2D eigenvalue weighted by Crippen LogP contribution is -2.50. The molecule has 186 valence electrons. The molecule has 2 aliphatic carbocycles. The van der Waals surface area contributed by atoms with Crippen LogP contribution in [-0.2, 0) is 4.79 Å². The second kappa shape index (κ2) is 10.5. The lowest BCUT2D eigenvalue weighted by atomic mass is 9.86. The molecule has 0 bridgehead atoms. The molecule has 0 atom stereocenters. The summed E-state index contributed by atoms with van der Waals surface area (Å²) < 4.78 is 0. The maximum Gasteiger partial charge on any atom is 0.231 e. The fourth-order valence-corrected chi connectivity index (χ4v) is 6.02. The molecule has 0 unspecified atom stereocenters. The first-order chi connectivity index (χ1) is 17.0. The molecule has 35 heavy (non-hydrogen) atoms. The van der Waals surface area contributed by atoms with Crippen LogP contribution in [0.3, 0.4) is 0 Å². The van der Waals surface area contributed by atoms with Gasteiger partial charge in [-0.15, -0.1) is 0 Å². The molecule has 0 aliphatic heterocycles. The zero-order valence-corrected chi connectivity index (χ0v) is 20.5. The number of carbonyl (C=O) groups excluding carboxylic acids is 1. The number of hydrogen-bond acceptors (Lipinski definition) is 6. The van der Waals surface area contributed by atoms with Crippen molar-refractivity contribution in [2.75, 3.05) is 11.9 Å². The first-order valence-electron chi connectivity index (χ1n) is 12.5. The number of H-pyrrole nitrogens is 1. The highest BCUT2D eigenvalue weighted by Gasteiger charge is 2.33. The van der Waals surface area contributed by atoms with Gasteiger partial charge in [-0.25, -0.2) is 9.97 Å². The van der Waals surface area contributed by atoms with Crippen molar-refractivity contribution in [1.82, 2.24) is 19.9 Å². The molecule has 9 heteroatoms.